The maximum atomic E-state index is 9.69. The van der Waals surface area contributed by atoms with Gasteiger partial charge in [-0.15, -0.1) is 0 Å². The molecule has 2 atom stereocenters. The van der Waals surface area contributed by atoms with Gasteiger partial charge in [-0.3, -0.25) is 0 Å². The third-order valence-corrected chi connectivity index (χ3v) is 3.96. The molecule has 2 rings (SSSR count). The first-order valence-corrected chi connectivity index (χ1v) is 7.19. The molecule has 2 unspecified atom stereocenters. The molecule has 3 nitrogen and oxygen atoms in total. The predicted octanol–water partition coefficient (Wildman–Crippen LogP) is 2.02. The topological polar surface area (TPSA) is 35.5 Å². The Morgan fingerprint density at radius 1 is 1.21 bits per heavy atom. The molecule has 0 bridgehead atoms. The molecule has 1 heterocycles. The number of nitrogens with one attached hydrogen (secondary N) is 1. The standard InChI is InChI=1S/C16H26N2O/c1-11-5-13(3)16(14(4)6-11)18-9-12(2)7-17-8-15(18)10-19/h5-6,12,15,17,19H,7-10H2,1-4H3. The van der Waals surface area contributed by atoms with Crippen LogP contribution in [0.3, 0.4) is 0 Å². The molecule has 2 N–H and O–H groups in total. The van der Waals surface area contributed by atoms with E-state index in [4.69, 9.17) is 0 Å². The van der Waals surface area contributed by atoms with Crippen LogP contribution in [-0.2, 0) is 0 Å². The lowest BCUT2D eigenvalue weighted by Gasteiger charge is -2.34. The molecule has 106 valence electrons. The highest BCUT2D eigenvalue weighted by Crippen LogP contribution is 2.29. The zero-order valence-corrected chi connectivity index (χ0v) is 12.5. The van der Waals surface area contributed by atoms with Gasteiger partial charge in [-0.25, -0.2) is 0 Å². The first-order chi connectivity index (χ1) is 9.02. The Labute approximate surface area is 116 Å². The van der Waals surface area contributed by atoms with Crippen LogP contribution in [0, 0.1) is 26.7 Å². The second kappa shape index (κ2) is 5.93. The first kappa shape index (κ1) is 14.4. The van der Waals surface area contributed by atoms with Gasteiger partial charge < -0.3 is 15.3 Å². The smallest absolute Gasteiger partial charge is 0.0647 e. The molecule has 1 aromatic carbocycles. The number of rotatable bonds is 2. The van der Waals surface area contributed by atoms with Crippen molar-refractivity contribution in [2.75, 3.05) is 31.1 Å². The zero-order chi connectivity index (χ0) is 14.0. The number of nitrogens with zero attached hydrogens (tertiary/aromatic N) is 1. The normalized spacial score (nSPS) is 24.4. The number of benzene rings is 1. The monoisotopic (exact) mass is 262 g/mol. The Bertz CT molecular complexity index is 421. The van der Waals surface area contributed by atoms with Gasteiger partial charge in [0.05, 0.1) is 12.6 Å². The van der Waals surface area contributed by atoms with Crippen molar-refractivity contribution in [1.82, 2.24) is 5.32 Å². The summed E-state index contributed by atoms with van der Waals surface area (Å²) in [6, 6.07) is 4.64. The van der Waals surface area contributed by atoms with Crippen LogP contribution in [-0.4, -0.2) is 37.4 Å². The van der Waals surface area contributed by atoms with E-state index in [1.54, 1.807) is 0 Å². The van der Waals surface area contributed by atoms with Gasteiger partial charge in [-0.2, -0.15) is 0 Å². The number of aryl methyl sites for hydroxylation is 3. The molecule has 1 aromatic rings. The SMILES string of the molecule is Cc1cc(C)c(N2CC(C)CNCC2CO)c(C)c1. The predicted molar refractivity (Wildman–Crippen MR) is 80.9 cm³/mol. The van der Waals surface area contributed by atoms with Crippen molar-refractivity contribution in [1.29, 1.82) is 0 Å². The first-order valence-electron chi connectivity index (χ1n) is 7.19. The fraction of sp³-hybridized carbons (Fsp3) is 0.625. The molecule has 0 aliphatic carbocycles. The summed E-state index contributed by atoms with van der Waals surface area (Å²) in [5, 5.41) is 13.1. The summed E-state index contributed by atoms with van der Waals surface area (Å²) >= 11 is 0. The Morgan fingerprint density at radius 2 is 1.84 bits per heavy atom. The minimum Gasteiger partial charge on any atom is -0.394 e. The van der Waals surface area contributed by atoms with Gasteiger partial charge in [0.15, 0.2) is 0 Å². The molecule has 1 saturated heterocycles. The minimum absolute atomic E-state index is 0.171. The van der Waals surface area contributed by atoms with Crippen molar-refractivity contribution >= 4 is 5.69 Å². The zero-order valence-electron chi connectivity index (χ0n) is 12.5. The Morgan fingerprint density at radius 3 is 2.42 bits per heavy atom. The van der Waals surface area contributed by atoms with E-state index in [2.05, 4.69) is 50.0 Å². The molecule has 1 fully saturated rings. The van der Waals surface area contributed by atoms with Crippen molar-refractivity contribution in [2.24, 2.45) is 5.92 Å². The largest absolute Gasteiger partial charge is 0.394 e. The van der Waals surface area contributed by atoms with Crippen molar-refractivity contribution in [3.63, 3.8) is 0 Å². The molecule has 0 saturated carbocycles. The van der Waals surface area contributed by atoms with Crippen LogP contribution in [0.2, 0.25) is 0 Å². The summed E-state index contributed by atoms with van der Waals surface area (Å²) in [5.41, 5.74) is 5.23. The molecule has 1 aliphatic rings. The summed E-state index contributed by atoms with van der Waals surface area (Å²) in [6.07, 6.45) is 0. The van der Waals surface area contributed by atoms with Crippen LogP contribution in [0.5, 0.6) is 0 Å². The second-order valence-corrected chi connectivity index (χ2v) is 6.00. The third-order valence-electron chi connectivity index (χ3n) is 3.96. The molecule has 1 aliphatic heterocycles. The van der Waals surface area contributed by atoms with E-state index in [1.165, 1.54) is 22.4 Å². The Balaban J connectivity index is 2.41. The number of hydrogen-bond donors (Lipinski definition) is 2. The molecular weight excluding hydrogens is 236 g/mol. The van der Waals surface area contributed by atoms with Gasteiger partial charge in [-0.05, 0) is 44.4 Å². The number of aliphatic hydroxyl groups is 1. The number of anilines is 1. The van der Waals surface area contributed by atoms with E-state index in [9.17, 15) is 5.11 Å². The molecule has 0 aromatic heterocycles. The van der Waals surface area contributed by atoms with E-state index in [1.807, 2.05) is 0 Å². The highest BCUT2D eigenvalue weighted by Gasteiger charge is 2.25. The van der Waals surface area contributed by atoms with E-state index in [-0.39, 0.29) is 12.6 Å². The lowest BCUT2D eigenvalue weighted by molar-refractivity contribution is 0.259. The van der Waals surface area contributed by atoms with Crippen molar-refractivity contribution in [2.45, 2.75) is 33.7 Å². The summed E-state index contributed by atoms with van der Waals surface area (Å²) < 4.78 is 0. The second-order valence-electron chi connectivity index (χ2n) is 6.00. The van der Waals surface area contributed by atoms with Gasteiger partial charge in [0, 0.05) is 18.8 Å². The van der Waals surface area contributed by atoms with Gasteiger partial charge in [0.2, 0.25) is 0 Å². The average molecular weight is 262 g/mol. The lowest BCUT2D eigenvalue weighted by Crippen LogP contribution is -2.43. The molecule has 0 radical (unpaired) electrons. The highest BCUT2D eigenvalue weighted by molar-refractivity contribution is 5.61. The van der Waals surface area contributed by atoms with Crippen LogP contribution in [0.4, 0.5) is 5.69 Å². The number of aliphatic hydroxyl groups excluding tert-OH is 1. The van der Waals surface area contributed by atoms with E-state index >= 15 is 0 Å². The van der Waals surface area contributed by atoms with Crippen LogP contribution in [0.1, 0.15) is 23.6 Å². The van der Waals surface area contributed by atoms with Crippen molar-refractivity contribution < 1.29 is 5.11 Å². The molecule has 0 amide bonds. The summed E-state index contributed by atoms with van der Waals surface area (Å²) in [5.74, 6) is 0.594. The van der Waals surface area contributed by atoms with E-state index < -0.39 is 0 Å². The fourth-order valence-corrected chi connectivity index (χ4v) is 3.22. The maximum Gasteiger partial charge on any atom is 0.0647 e. The van der Waals surface area contributed by atoms with Crippen LogP contribution < -0.4 is 10.2 Å². The molecule has 19 heavy (non-hydrogen) atoms. The summed E-state index contributed by atoms with van der Waals surface area (Å²) in [7, 11) is 0. The molecule has 0 spiro atoms. The quantitative estimate of drug-likeness (QED) is 0.856. The lowest BCUT2D eigenvalue weighted by atomic mass is 10.0. The highest BCUT2D eigenvalue weighted by atomic mass is 16.3. The number of hydrogen-bond acceptors (Lipinski definition) is 3. The minimum atomic E-state index is 0.171. The average Bonchev–Trinajstić information content (AvgIpc) is 2.49. The Hall–Kier alpha value is -1.06. The van der Waals surface area contributed by atoms with Gasteiger partial charge in [0.1, 0.15) is 0 Å². The van der Waals surface area contributed by atoms with Gasteiger partial charge >= 0.3 is 0 Å². The fourth-order valence-electron chi connectivity index (χ4n) is 3.22. The van der Waals surface area contributed by atoms with Crippen LogP contribution in [0.15, 0.2) is 12.1 Å². The summed E-state index contributed by atoms with van der Waals surface area (Å²) in [4.78, 5) is 2.40. The van der Waals surface area contributed by atoms with Crippen LogP contribution in [0.25, 0.3) is 0 Å². The van der Waals surface area contributed by atoms with E-state index in [0.717, 1.165) is 19.6 Å². The molecular formula is C16H26N2O. The molecule has 3 heteroatoms. The summed E-state index contributed by atoms with van der Waals surface area (Å²) in [6.45, 7) is 11.8. The van der Waals surface area contributed by atoms with E-state index in [0.29, 0.717) is 5.92 Å². The maximum absolute atomic E-state index is 9.69. The van der Waals surface area contributed by atoms with Gasteiger partial charge in [0.25, 0.3) is 0 Å². The van der Waals surface area contributed by atoms with Gasteiger partial charge in [-0.1, -0.05) is 24.6 Å². The Kier molecular flexibility index (Phi) is 4.48. The van der Waals surface area contributed by atoms with Crippen LogP contribution >= 0.6 is 0 Å². The van der Waals surface area contributed by atoms with Crippen molar-refractivity contribution in [3.8, 4) is 0 Å². The van der Waals surface area contributed by atoms with Crippen molar-refractivity contribution in [3.05, 3.63) is 28.8 Å². The third kappa shape index (κ3) is 3.10.